The van der Waals surface area contributed by atoms with Crippen LogP contribution in [0.3, 0.4) is 0 Å². The molecule has 3 heteroatoms. The van der Waals surface area contributed by atoms with Gasteiger partial charge in [0.25, 0.3) is 0 Å². The third-order valence-corrected chi connectivity index (χ3v) is 1.52. The molecule has 1 rings (SSSR count). The zero-order chi connectivity index (χ0) is 8.10. The van der Waals surface area contributed by atoms with Crippen LogP contribution in [0.5, 0.6) is 0 Å². The number of hydrogen-bond acceptors (Lipinski definition) is 1. The van der Waals surface area contributed by atoms with Crippen LogP contribution in [0.25, 0.3) is 0 Å². The van der Waals surface area contributed by atoms with Crippen LogP contribution in [0.4, 0.5) is 0 Å². The summed E-state index contributed by atoms with van der Waals surface area (Å²) in [4.78, 5) is 3.88. The van der Waals surface area contributed by atoms with Crippen LogP contribution in [0.2, 0.25) is 0 Å². The van der Waals surface area contributed by atoms with Crippen molar-refractivity contribution in [3.05, 3.63) is 35.9 Å². The van der Waals surface area contributed by atoms with E-state index in [4.69, 9.17) is 5.73 Å². The highest BCUT2D eigenvalue weighted by molar-refractivity contribution is 8.93. The van der Waals surface area contributed by atoms with E-state index in [-0.39, 0.29) is 17.0 Å². The lowest BCUT2D eigenvalue weighted by molar-refractivity contribution is 1.25. The Morgan fingerprint density at radius 3 is 2.42 bits per heavy atom. The fraction of sp³-hybridized carbons (Fsp3) is 0.222. The van der Waals surface area contributed by atoms with E-state index in [1.54, 1.807) is 7.05 Å². The minimum absolute atomic E-state index is 0. The smallest absolute Gasteiger partial charge is 0.0977 e. The van der Waals surface area contributed by atoms with E-state index >= 15 is 0 Å². The number of aliphatic imine (C=N–C) groups is 1. The summed E-state index contributed by atoms with van der Waals surface area (Å²) in [6.07, 6.45) is 0.747. The van der Waals surface area contributed by atoms with E-state index in [0.29, 0.717) is 5.84 Å². The van der Waals surface area contributed by atoms with Crippen molar-refractivity contribution in [2.24, 2.45) is 10.7 Å². The van der Waals surface area contributed by atoms with Crippen molar-refractivity contribution in [2.75, 3.05) is 7.05 Å². The van der Waals surface area contributed by atoms with Gasteiger partial charge in [0.1, 0.15) is 0 Å². The lowest BCUT2D eigenvalue weighted by Crippen LogP contribution is -2.14. The van der Waals surface area contributed by atoms with Crippen LogP contribution < -0.4 is 5.73 Å². The van der Waals surface area contributed by atoms with Crippen LogP contribution in [-0.4, -0.2) is 12.9 Å². The van der Waals surface area contributed by atoms with Crippen molar-refractivity contribution in [1.82, 2.24) is 0 Å². The SMILES string of the molecule is Br.CN=C(N)Cc1ccccc1. The molecule has 0 unspecified atom stereocenters. The number of halogens is 1. The number of nitrogens with zero attached hydrogens (tertiary/aromatic N) is 1. The first-order valence-corrected chi connectivity index (χ1v) is 3.58. The highest BCUT2D eigenvalue weighted by atomic mass is 79.9. The molecule has 2 N–H and O–H groups in total. The molecule has 1 aromatic rings. The molecule has 12 heavy (non-hydrogen) atoms. The second kappa shape index (κ2) is 5.77. The zero-order valence-corrected chi connectivity index (χ0v) is 8.74. The summed E-state index contributed by atoms with van der Waals surface area (Å²) in [6.45, 7) is 0. The van der Waals surface area contributed by atoms with E-state index in [9.17, 15) is 0 Å². The van der Waals surface area contributed by atoms with Crippen LogP contribution in [0, 0.1) is 0 Å². The first kappa shape index (κ1) is 11.2. The molecule has 2 nitrogen and oxygen atoms in total. The fourth-order valence-corrected chi connectivity index (χ4v) is 0.884. The molecule has 0 amide bonds. The molecule has 0 aromatic heterocycles. The number of amidine groups is 1. The Labute approximate surface area is 83.3 Å². The monoisotopic (exact) mass is 228 g/mol. The molecule has 66 valence electrons. The molecule has 0 fully saturated rings. The van der Waals surface area contributed by atoms with Crippen molar-refractivity contribution in [3.8, 4) is 0 Å². The first-order valence-electron chi connectivity index (χ1n) is 3.58. The van der Waals surface area contributed by atoms with Gasteiger partial charge in [-0.2, -0.15) is 0 Å². The Morgan fingerprint density at radius 1 is 1.33 bits per heavy atom. The molecular weight excluding hydrogens is 216 g/mol. The summed E-state index contributed by atoms with van der Waals surface area (Å²) < 4.78 is 0. The minimum atomic E-state index is 0. The second-order valence-electron chi connectivity index (χ2n) is 2.38. The number of nitrogens with two attached hydrogens (primary N) is 1. The first-order chi connectivity index (χ1) is 5.33. The molecule has 0 heterocycles. The Morgan fingerprint density at radius 2 is 1.92 bits per heavy atom. The lowest BCUT2D eigenvalue weighted by Gasteiger charge is -1.98. The number of hydrogen-bond donors (Lipinski definition) is 1. The van der Waals surface area contributed by atoms with Gasteiger partial charge in [0.2, 0.25) is 0 Å². The lowest BCUT2D eigenvalue weighted by atomic mass is 10.1. The van der Waals surface area contributed by atoms with Gasteiger partial charge >= 0.3 is 0 Å². The van der Waals surface area contributed by atoms with Gasteiger partial charge in [-0.1, -0.05) is 30.3 Å². The highest BCUT2D eigenvalue weighted by Gasteiger charge is 1.92. The van der Waals surface area contributed by atoms with E-state index in [0.717, 1.165) is 6.42 Å². The van der Waals surface area contributed by atoms with Gasteiger partial charge in [0.15, 0.2) is 0 Å². The number of benzene rings is 1. The molecular formula is C9H13BrN2. The summed E-state index contributed by atoms with van der Waals surface area (Å²) >= 11 is 0. The standard InChI is InChI=1S/C9H12N2.BrH/c1-11-9(10)7-8-5-3-2-4-6-8;/h2-6H,7H2,1H3,(H2,10,11);1H. The summed E-state index contributed by atoms with van der Waals surface area (Å²) in [7, 11) is 1.71. The fourth-order valence-electron chi connectivity index (χ4n) is 0.884. The molecule has 0 atom stereocenters. The molecule has 0 radical (unpaired) electrons. The molecule has 0 spiro atoms. The van der Waals surface area contributed by atoms with Gasteiger partial charge in [-0.3, -0.25) is 4.99 Å². The Bertz CT molecular complexity index is 244. The molecule has 0 aliphatic heterocycles. The van der Waals surface area contributed by atoms with Gasteiger partial charge in [0.05, 0.1) is 5.84 Å². The zero-order valence-electron chi connectivity index (χ0n) is 7.03. The molecule has 0 bridgehead atoms. The maximum atomic E-state index is 5.55. The van der Waals surface area contributed by atoms with Gasteiger partial charge in [-0.25, -0.2) is 0 Å². The molecule has 0 aliphatic rings. The van der Waals surface area contributed by atoms with Crippen molar-refractivity contribution >= 4 is 22.8 Å². The van der Waals surface area contributed by atoms with Gasteiger partial charge < -0.3 is 5.73 Å². The largest absolute Gasteiger partial charge is 0.387 e. The summed E-state index contributed by atoms with van der Waals surface area (Å²) in [5.74, 6) is 0.677. The second-order valence-corrected chi connectivity index (χ2v) is 2.38. The predicted octanol–water partition coefficient (Wildman–Crippen LogP) is 1.79. The minimum Gasteiger partial charge on any atom is -0.387 e. The molecule has 1 aromatic carbocycles. The summed E-state index contributed by atoms with van der Waals surface area (Å²) in [5, 5.41) is 0. The van der Waals surface area contributed by atoms with Crippen LogP contribution in [-0.2, 0) is 6.42 Å². The van der Waals surface area contributed by atoms with Crippen molar-refractivity contribution in [2.45, 2.75) is 6.42 Å². The number of rotatable bonds is 2. The van der Waals surface area contributed by atoms with E-state index < -0.39 is 0 Å². The third-order valence-electron chi connectivity index (χ3n) is 1.52. The maximum absolute atomic E-state index is 5.55. The average molecular weight is 229 g/mol. The Hall–Kier alpha value is -0.830. The predicted molar refractivity (Wildman–Crippen MR) is 58.0 cm³/mol. The van der Waals surface area contributed by atoms with Gasteiger partial charge in [-0.15, -0.1) is 17.0 Å². The summed E-state index contributed by atoms with van der Waals surface area (Å²) in [6, 6.07) is 10.1. The van der Waals surface area contributed by atoms with Crippen molar-refractivity contribution < 1.29 is 0 Å². The Balaban J connectivity index is 0.00000121. The highest BCUT2D eigenvalue weighted by Crippen LogP contribution is 1.98. The quantitative estimate of drug-likeness (QED) is 0.609. The van der Waals surface area contributed by atoms with E-state index in [2.05, 4.69) is 4.99 Å². The van der Waals surface area contributed by atoms with Crippen LogP contribution in [0.15, 0.2) is 35.3 Å². The third kappa shape index (κ3) is 3.53. The molecule has 0 saturated heterocycles. The van der Waals surface area contributed by atoms with Crippen molar-refractivity contribution in [1.29, 1.82) is 0 Å². The van der Waals surface area contributed by atoms with E-state index in [1.165, 1.54) is 5.56 Å². The van der Waals surface area contributed by atoms with Gasteiger partial charge in [0, 0.05) is 13.5 Å². The van der Waals surface area contributed by atoms with Crippen LogP contribution >= 0.6 is 17.0 Å². The topological polar surface area (TPSA) is 38.4 Å². The van der Waals surface area contributed by atoms with Crippen molar-refractivity contribution in [3.63, 3.8) is 0 Å². The summed E-state index contributed by atoms with van der Waals surface area (Å²) in [5.41, 5.74) is 6.76. The van der Waals surface area contributed by atoms with Gasteiger partial charge in [-0.05, 0) is 5.56 Å². The maximum Gasteiger partial charge on any atom is 0.0977 e. The average Bonchev–Trinajstić information content (AvgIpc) is 2.06. The Kier molecular flexibility index (Phi) is 5.37. The molecule has 0 aliphatic carbocycles. The van der Waals surface area contributed by atoms with E-state index in [1.807, 2.05) is 30.3 Å². The molecule has 0 saturated carbocycles. The van der Waals surface area contributed by atoms with Crippen LogP contribution in [0.1, 0.15) is 5.56 Å². The normalized spacial score (nSPS) is 10.6.